The number of ether oxygens (including phenoxy) is 2. The zero-order valence-corrected chi connectivity index (χ0v) is 17.3. The van der Waals surface area contributed by atoms with Gasteiger partial charge in [-0.25, -0.2) is 9.48 Å². The van der Waals surface area contributed by atoms with Crippen LogP contribution in [0, 0.1) is 5.92 Å². The molecule has 0 bridgehead atoms. The fraction of sp³-hybridized carbons (Fsp3) is 0.524. The fourth-order valence-electron chi connectivity index (χ4n) is 3.52. The smallest absolute Gasteiger partial charge is 0.359 e. The van der Waals surface area contributed by atoms with Gasteiger partial charge in [-0.2, -0.15) is 5.10 Å². The SMILES string of the molecule is CC(C)Cn1nc(C(=O)OCC(=O)N2C[C@H](C)O[C@@H](C)C2)c2ccccc2c1=O. The molecule has 1 aromatic carbocycles. The molecular weight excluding hydrogens is 374 g/mol. The maximum absolute atomic E-state index is 12.7. The van der Waals surface area contributed by atoms with Gasteiger partial charge in [0.05, 0.1) is 17.6 Å². The summed E-state index contributed by atoms with van der Waals surface area (Å²) in [5, 5.41) is 5.06. The van der Waals surface area contributed by atoms with E-state index in [1.54, 1.807) is 29.2 Å². The first kappa shape index (κ1) is 21.0. The molecule has 0 spiro atoms. The lowest BCUT2D eigenvalue weighted by molar-refractivity contribution is -0.146. The molecule has 8 nitrogen and oxygen atoms in total. The third kappa shape index (κ3) is 4.82. The third-order valence-corrected chi connectivity index (χ3v) is 4.70. The molecule has 29 heavy (non-hydrogen) atoms. The number of nitrogens with zero attached hydrogens (tertiary/aromatic N) is 3. The topological polar surface area (TPSA) is 90.7 Å². The van der Waals surface area contributed by atoms with Crippen LogP contribution in [-0.4, -0.2) is 58.5 Å². The second kappa shape index (κ2) is 8.73. The Morgan fingerprint density at radius 1 is 1.17 bits per heavy atom. The standard InChI is InChI=1S/C21H27N3O5/c1-13(2)9-24-20(26)17-8-6-5-7-16(17)19(22-24)21(27)28-12-18(25)23-10-14(3)29-15(4)11-23/h5-8,13-15H,9-12H2,1-4H3/t14-,15-/m0/s1. The number of hydrogen-bond acceptors (Lipinski definition) is 6. The van der Waals surface area contributed by atoms with E-state index in [9.17, 15) is 14.4 Å². The van der Waals surface area contributed by atoms with Crippen LogP contribution >= 0.6 is 0 Å². The Bertz CT molecular complexity index is 958. The summed E-state index contributed by atoms with van der Waals surface area (Å²) in [5.74, 6) is -0.821. The Morgan fingerprint density at radius 3 is 2.41 bits per heavy atom. The highest BCUT2D eigenvalue weighted by atomic mass is 16.5. The van der Waals surface area contributed by atoms with Gasteiger partial charge in [0, 0.05) is 25.0 Å². The molecule has 1 aromatic heterocycles. The first-order valence-corrected chi connectivity index (χ1v) is 9.86. The minimum Gasteiger partial charge on any atom is -0.451 e. The maximum atomic E-state index is 12.7. The Hall–Kier alpha value is -2.74. The summed E-state index contributed by atoms with van der Waals surface area (Å²) in [4.78, 5) is 39.5. The van der Waals surface area contributed by atoms with Crippen molar-refractivity contribution < 1.29 is 19.1 Å². The van der Waals surface area contributed by atoms with Crippen molar-refractivity contribution in [3.8, 4) is 0 Å². The summed E-state index contributed by atoms with van der Waals surface area (Å²) in [6.07, 6.45) is -0.132. The van der Waals surface area contributed by atoms with Crippen molar-refractivity contribution in [2.45, 2.75) is 46.4 Å². The predicted octanol–water partition coefficient (Wildman–Crippen LogP) is 1.85. The molecule has 1 saturated heterocycles. The van der Waals surface area contributed by atoms with Gasteiger partial charge in [0.2, 0.25) is 0 Å². The van der Waals surface area contributed by atoms with Crippen molar-refractivity contribution in [3.63, 3.8) is 0 Å². The fourth-order valence-corrected chi connectivity index (χ4v) is 3.52. The van der Waals surface area contributed by atoms with E-state index >= 15 is 0 Å². The van der Waals surface area contributed by atoms with Crippen LogP contribution < -0.4 is 5.56 Å². The monoisotopic (exact) mass is 401 g/mol. The number of amides is 1. The van der Waals surface area contributed by atoms with E-state index < -0.39 is 5.97 Å². The van der Waals surface area contributed by atoms with E-state index in [-0.39, 0.29) is 41.9 Å². The zero-order chi connectivity index (χ0) is 21.1. The number of rotatable bonds is 5. The molecule has 1 amide bonds. The highest BCUT2D eigenvalue weighted by Crippen LogP contribution is 2.15. The third-order valence-electron chi connectivity index (χ3n) is 4.70. The zero-order valence-electron chi connectivity index (χ0n) is 17.3. The lowest BCUT2D eigenvalue weighted by atomic mass is 10.1. The molecule has 0 unspecified atom stereocenters. The molecule has 2 heterocycles. The Kier molecular flexibility index (Phi) is 6.32. The van der Waals surface area contributed by atoms with Crippen LogP contribution in [0.2, 0.25) is 0 Å². The maximum Gasteiger partial charge on any atom is 0.359 e. The second-order valence-corrected chi connectivity index (χ2v) is 7.91. The van der Waals surface area contributed by atoms with Gasteiger partial charge in [-0.15, -0.1) is 0 Å². The van der Waals surface area contributed by atoms with E-state index in [4.69, 9.17) is 9.47 Å². The summed E-state index contributed by atoms with van der Waals surface area (Å²) in [6.45, 7) is 8.65. The first-order chi connectivity index (χ1) is 13.8. The minimum atomic E-state index is -0.721. The van der Waals surface area contributed by atoms with Crippen LogP contribution in [-0.2, 0) is 20.8 Å². The quantitative estimate of drug-likeness (QED) is 0.710. The van der Waals surface area contributed by atoms with Gasteiger partial charge in [0.1, 0.15) is 0 Å². The molecular formula is C21H27N3O5. The number of benzene rings is 1. The highest BCUT2D eigenvalue weighted by molar-refractivity contribution is 6.02. The summed E-state index contributed by atoms with van der Waals surface area (Å²) in [7, 11) is 0. The van der Waals surface area contributed by atoms with Gasteiger partial charge >= 0.3 is 5.97 Å². The summed E-state index contributed by atoms with van der Waals surface area (Å²) in [6, 6.07) is 6.79. The predicted molar refractivity (Wildman–Crippen MR) is 108 cm³/mol. The van der Waals surface area contributed by atoms with Crippen LogP contribution in [0.3, 0.4) is 0 Å². The van der Waals surface area contributed by atoms with Gasteiger partial charge in [-0.05, 0) is 25.8 Å². The number of hydrogen-bond donors (Lipinski definition) is 0. The Balaban J connectivity index is 1.81. The summed E-state index contributed by atoms with van der Waals surface area (Å²) < 4.78 is 12.2. The largest absolute Gasteiger partial charge is 0.451 e. The molecule has 1 aliphatic rings. The van der Waals surface area contributed by atoms with Crippen molar-refractivity contribution in [1.82, 2.24) is 14.7 Å². The first-order valence-electron chi connectivity index (χ1n) is 9.86. The van der Waals surface area contributed by atoms with Gasteiger partial charge in [-0.3, -0.25) is 9.59 Å². The average Bonchev–Trinajstić information content (AvgIpc) is 2.67. The number of esters is 1. The average molecular weight is 401 g/mol. The molecule has 2 atom stereocenters. The molecule has 156 valence electrons. The number of carbonyl (C=O) groups is 2. The van der Waals surface area contributed by atoms with E-state index in [0.29, 0.717) is 30.4 Å². The van der Waals surface area contributed by atoms with Crippen LogP contribution in [0.1, 0.15) is 38.2 Å². The Labute approximate surface area is 169 Å². The van der Waals surface area contributed by atoms with E-state index in [2.05, 4.69) is 5.10 Å². The number of morpholine rings is 1. The molecule has 2 aromatic rings. The van der Waals surface area contributed by atoms with E-state index in [1.807, 2.05) is 27.7 Å². The van der Waals surface area contributed by atoms with Crippen molar-refractivity contribution in [2.24, 2.45) is 5.92 Å². The molecule has 3 rings (SSSR count). The van der Waals surface area contributed by atoms with E-state index in [0.717, 1.165) is 0 Å². The van der Waals surface area contributed by atoms with Crippen LogP contribution in [0.4, 0.5) is 0 Å². The molecule has 8 heteroatoms. The number of aromatic nitrogens is 2. The lowest BCUT2D eigenvalue weighted by Gasteiger charge is -2.35. The van der Waals surface area contributed by atoms with Crippen molar-refractivity contribution in [3.05, 3.63) is 40.3 Å². The minimum absolute atomic E-state index is 0.0392. The molecule has 0 aliphatic carbocycles. The molecule has 1 fully saturated rings. The molecule has 1 aliphatic heterocycles. The van der Waals surface area contributed by atoms with Gasteiger partial charge in [0.25, 0.3) is 11.5 Å². The Morgan fingerprint density at radius 2 is 1.79 bits per heavy atom. The van der Waals surface area contributed by atoms with Crippen LogP contribution in [0.5, 0.6) is 0 Å². The molecule has 0 saturated carbocycles. The van der Waals surface area contributed by atoms with Crippen LogP contribution in [0.25, 0.3) is 10.8 Å². The summed E-state index contributed by atoms with van der Waals surface area (Å²) >= 11 is 0. The van der Waals surface area contributed by atoms with E-state index in [1.165, 1.54) is 4.68 Å². The van der Waals surface area contributed by atoms with Gasteiger partial charge in [0.15, 0.2) is 12.3 Å². The lowest BCUT2D eigenvalue weighted by Crippen LogP contribution is -2.49. The second-order valence-electron chi connectivity index (χ2n) is 7.91. The molecule has 0 radical (unpaired) electrons. The highest BCUT2D eigenvalue weighted by Gasteiger charge is 2.27. The number of fused-ring (bicyclic) bond motifs is 1. The normalized spacial score (nSPS) is 19.6. The van der Waals surface area contributed by atoms with Gasteiger partial charge in [-0.1, -0.05) is 32.0 Å². The van der Waals surface area contributed by atoms with Crippen molar-refractivity contribution in [1.29, 1.82) is 0 Å². The summed E-state index contributed by atoms with van der Waals surface area (Å²) in [5.41, 5.74) is -0.212. The number of carbonyl (C=O) groups excluding carboxylic acids is 2. The van der Waals surface area contributed by atoms with Crippen LogP contribution in [0.15, 0.2) is 29.1 Å². The van der Waals surface area contributed by atoms with Crippen molar-refractivity contribution >= 4 is 22.6 Å². The van der Waals surface area contributed by atoms with Gasteiger partial charge < -0.3 is 14.4 Å². The van der Waals surface area contributed by atoms with Crippen molar-refractivity contribution in [2.75, 3.05) is 19.7 Å². The molecule has 0 N–H and O–H groups in total.